The molecule has 0 spiro atoms. The molecule has 0 amide bonds. The minimum atomic E-state index is -4.72. The van der Waals surface area contributed by atoms with Crippen molar-refractivity contribution >= 4 is 44.4 Å². The lowest BCUT2D eigenvalue weighted by Gasteiger charge is -2.19. The Morgan fingerprint density at radius 2 is 2.00 bits per heavy atom. The van der Waals surface area contributed by atoms with E-state index in [9.17, 15) is 21.6 Å². The van der Waals surface area contributed by atoms with Gasteiger partial charge in [0.15, 0.2) is 9.84 Å². The summed E-state index contributed by atoms with van der Waals surface area (Å²) in [4.78, 5) is 8.05. The number of nitrogens with zero attached hydrogens (tertiary/aromatic N) is 2. The SMILES string of the molecule is Cc1c(S(C)(=O)=O)csc1-c1nc(Nc2cc3c(cc2Cl)CNCC3)ncc1C(F)(F)F. The molecule has 2 aromatic heterocycles. The van der Waals surface area contributed by atoms with E-state index in [4.69, 9.17) is 11.6 Å². The highest BCUT2D eigenvalue weighted by atomic mass is 35.5. The summed E-state index contributed by atoms with van der Waals surface area (Å²) < 4.78 is 65.0. The molecule has 12 heteroatoms. The zero-order valence-corrected chi connectivity index (χ0v) is 19.4. The molecule has 0 unspecified atom stereocenters. The first-order chi connectivity index (χ1) is 14.9. The molecule has 32 heavy (non-hydrogen) atoms. The highest BCUT2D eigenvalue weighted by molar-refractivity contribution is 7.91. The van der Waals surface area contributed by atoms with Crippen molar-refractivity contribution in [3.8, 4) is 10.6 Å². The predicted molar refractivity (Wildman–Crippen MR) is 118 cm³/mol. The van der Waals surface area contributed by atoms with Crippen LogP contribution in [0, 0.1) is 6.92 Å². The second-order valence-corrected chi connectivity index (χ2v) is 10.7. The summed E-state index contributed by atoms with van der Waals surface area (Å²) >= 11 is 7.25. The van der Waals surface area contributed by atoms with E-state index in [2.05, 4.69) is 20.6 Å². The summed E-state index contributed by atoms with van der Waals surface area (Å²) in [6, 6.07) is 3.65. The van der Waals surface area contributed by atoms with Crippen molar-refractivity contribution in [1.29, 1.82) is 0 Å². The normalized spacial score (nSPS) is 14.3. The van der Waals surface area contributed by atoms with Crippen LogP contribution in [-0.2, 0) is 29.0 Å². The maximum Gasteiger partial charge on any atom is 0.420 e. The molecule has 0 saturated heterocycles. The van der Waals surface area contributed by atoms with Gasteiger partial charge in [-0.2, -0.15) is 13.2 Å². The summed E-state index contributed by atoms with van der Waals surface area (Å²) in [7, 11) is -3.59. The third kappa shape index (κ3) is 4.47. The third-order valence-electron chi connectivity index (χ3n) is 5.13. The van der Waals surface area contributed by atoms with Gasteiger partial charge in [0.25, 0.3) is 0 Å². The van der Waals surface area contributed by atoms with E-state index in [0.29, 0.717) is 23.5 Å². The fourth-order valence-electron chi connectivity index (χ4n) is 3.54. The van der Waals surface area contributed by atoms with Crippen LogP contribution in [0.3, 0.4) is 0 Å². The van der Waals surface area contributed by atoms with E-state index in [1.165, 1.54) is 12.3 Å². The Kier molecular flexibility index (Phi) is 5.95. The number of fused-ring (bicyclic) bond motifs is 1. The molecule has 1 aliphatic rings. The topological polar surface area (TPSA) is 84.0 Å². The number of benzene rings is 1. The van der Waals surface area contributed by atoms with E-state index < -0.39 is 21.6 Å². The van der Waals surface area contributed by atoms with Gasteiger partial charge in [0, 0.05) is 24.4 Å². The number of sulfone groups is 1. The van der Waals surface area contributed by atoms with Gasteiger partial charge >= 0.3 is 6.18 Å². The number of nitrogens with one attached hydrogen (secondary N) is 2. The Labute approximate surface area is 191 Å². The highest BCUT2D eigenvalue weighted by Gasteiger charge is 2.37. The number of halogens is 4. The number of thiophene rings is 1. The first-order valence-corrected chi connectivity index (χ1v) is 12.6. The molecule has 0 aliphatic carbocycles. The van der Waals surface area contributed by atoms with Crippen LogP contribution in [0.1, 0.15) is 22.3 Å². The average molecular weight is 503 g/mol. The molecule has 1 aliphatic heterocycles. The van der Waals surface area contributed by atoms with Crippen LogP contribution in [0.15, 0.2) is 28.6 Å². The van der Waals surface area contributed by atoms with E-state index in [-0.39, 0.29) is 27.0 Å². The standard InChI is InChI=1S/C20H18ClF3N4O2S2/c1-10-16(32(2,29)30)9-31-18(10)17-13(20(22,23)24)8-26-19(28-17)27-15-6-11-3-4-25-7-12(11)5-14(15)21/h5-6,8-9,25H,3-4,7H2,1-2H3,(H,26,27,28). The molecule has 2 N–H and O–H groups in total. The zero-order valence-electron chi connectivity index (χ0n) is 17.0. The van der Waals surface area contributed by atoms with Gasteiger partial charge in [0.1, 0.15) is 5.56 Å². The lowest BCUT2D eigenvalue weighted by atomic mass is 10.0. The van der Waals surface area contributed by atoms with E-state index in [1.807, 2.05) is 6.07 Å². The second kappa shape index (κ2) is 8.29. The van der Waals surface area contributed by atoms with Gasteiger partial charge in [0.05, 0.1) is 26.2 Å². The maximum absolute atomic E-state index is 13.7. The lowest BCUT2D eigenvalue weighted by Crippen LogP contribution is -2.23. The number of alkyl halides is 3. The Morgan fingerprint density at radius 1 is 1.25 bits per heavy atom. The van der Waals surface area contributed by atoms with Crippen LogP contribution in [0.25, 0.3) is 10.6 Å². The van der Waals surface area contributed by atoms with Crippen LogP contribution in [0.4, 0.5) is 24.8 Å². The quantitative estimate of drug-likeness (QED) is 0.523. The zero-order chi connectivity index (χ0) is 23.3. The maximum atomic E-state index is 13.7. The molecule has 0 fully saturated rings. The molecule has 170 valence electrons. The largest absolute Gasteiger partial charge is 0.420 e. The summed E-state index contributed by atoms with van der Waals surface area (Å²) in [5, 5.41) is 7.88. The van der Waals surface area contributed by atoms with E-state index in [0.717, 1.165) is 41.7 Å². The van der Waals surface area contributed by atoms with Crippen LogP contribution >= 0.6 is 22.9 Å². The molecule has 3 heterocycles. The number of hydrogen-bond donors (Lipinski definition) is 2. The van der Waals surface area contributed by atoms with Crippen LogP contribution in [0.5, 0.6) is 0 Å². The van der Waals surface area contributed by atoms with Crippen molar-refractivity contribution in [3.05, 3.63) is 51.0 Å². The summed E-state index contributed by atoms with van der Waals surface area (Å²) in [6.45, 7) is 2.97. The summed E-state index contributed by atoms with van der Waals surface area (Å²) in [6.07, 6.45) is -2.22. The first-order valence-electron chi connectivity index (χ1n) is 9.47. The summed E-state index contributed by atoms with van der Waals surface area (Å²) in [5.74, 6) is -0.0718. The van der Waals surface area contributed by atoms with Gasteiger partial charge in [-0.15, -0.1) is 11.3 Å². The van der Waals surface area contributed by atoms with Crippen molar-refractivity contribution < 1.29 is 21.6 Å². The molecule has 3 aromatic rings. The fraction of sp³-hybridized carbons (Fsp3) is 0.300. The fourth-order valence-corrected chi connectivity index (χ4v) is 6.30. The van der Waals surface area contributed by atoms with Crippen LogP contribution < -0.4 is 10.6 Å². The van der Waals surface area contributed by atoms with Gasteiger partial charge in [-0.3, -0.25) is 0 Å². The van der Waals surface area contributed by atoms with Crippen molar-refractivity contribution in [2.75, 3.05) is 18.1 Å². The van der Waals surface area contributed by atoms with Gasteiger partial charge in [-0.25, -0.2) is 18.4 Å². The van der Waals surface area contributed by atoms with Crippen molar-refractivity contribution in [3.63, 3.8) is 0 Å². The number of hydrogen-bond acceptors (Lipinski definition) is 7. The minimum Gasteiger partial charge on any atom is -0.323 e. The Balaban J connectivity index is 1.80. The minimum absolute atomic E-state index is 0.0231. The molecular weight excluding hydrogens is 485 g/mol. The van der Waals surface area contributed by atoms with Crippen LogP contribution in [-0.4, -0.2) is 31.2 Å². The number of anilines is 2. The summed E-state index contributed by atoms with van der Waals surface area (Å²) in [5.41, 5.74) is 1.41. The Hall–Kier alpha value is -2.21. The number of rotatable bonds is 4. The first kappa shape index (κ1) is 23.0. The molecule has 4 rings (SSSR count). The molecular formula is C20H18ClF3N4O2S2. The molecule has 0 atom stereocenters. The monoisotopic (exact) mass is 502 g/mol. The van der Waals surface area contributed by atoms with Crippen molar-refractivity contribution in [2.24, 2.45) is 0 Å². The Morgan fingerprint density at radius 3 is 2.66 bits per heavy atom. The molecule has 0 bridgehead atoms. The lowest BCUT2D eigenvalue weighted by molar-refractivity contribution is -0.137. The molecule has 0 saturated carbocycles. The van der Waals surface area contributed by atoms with E-state index >= 15 is 0 Å². The smallest absolute Gasteiger partial charge is 0.323 e. The molecule has 1 aromatic carbocycles. The molecule has 6 nitrogen and oxygen atoms in total. The van der Waals surface area contributed by atoms with Crippen molar-refractivity contribution in [2.45, 2.75) is 31.0 Å². The van der Waals surface area contributed by atoms with Gasteiger partial charge < -0.3 is 10.6 Å². The Bertz CT molecular complexity index is 1310. The predicted octanol–water partition coefficient (Wildman–Crippen LogP) is 4.98. The van der Waals surface area contributed by atoms with Gasteiger partial charge in [-0.1, -0.05) is 11.6 Å². The second-order valence-electron chi connectivity index (χ2n) is 7.43. The highest BCUT2D eigenvalue weighted by Crippen LogP contribution is 2.41. The van der Waals surface area contributed by atoms with Gasteiger partial charge in [0.2, 0.25) is 5.95 Å². The number of aromatic nitrogens is 2. The van der Waals surface area contributed by atoms with E-state index in [1.54, 1.807) is 6.07 Å². The molecule has 0 radical (unpaired) electrons. The van der Waals surface area contributed by atoms with Crippen LogP contribution in [0.2, 0.25) is 5.02 Å². The average Bonchev–Trinajstić information content (AvgIpc) is 3.09. The third-order valence-corrected chi connectivity index (χ3v) is 7.90. The van der Waals surface area contributed by atoms with Gasteiger partial charge in [-0.05, 0) is 48.7 Å². The van der Waals surface area contributed by atoms with Crippen molar-refractivity contribution in [1.82, 2.24) is 15.3 Å².